The Morgan fingerprint density at radius 2 is 1.65 bits per heavy atom. The van der Waals surface area contributed by atoms with E-state index in [9.17, 15) is 5.11 Å². The number of ether oxygens (including phenoxy) is 1. The number of aliphatic hydroxyl groups is 1. The van der Waals surface area contributed by atoms with Crippen LogP contribution in [0, 0.1) is 11.8 Å². The predicted octanol–water partition coefficient (Wildman–Crippen LogP) is 3.80. The quantitative estimate of drug-likeness (QED) is 0.645. The van der Waals surface area contributed by atoms with E-state index < -0.39 is 5.60 Å². The van der Waals surface area contributed by atoms with Gasteiger partial charge in [-0.1, -0.05) is 48.4 Å². The van der Waals surface area contributed by atoms with Crippen LogP contribution in [0.2, 0.25) is 0 Å². The van der Waals surface area contributed by atoms with Crippen LogP contribution in [-0.2, 0) is 13.2 Å². The van der Waals surface area contributed by atoms with E-state index in [0.29, 0.717) is 18.2 Å². The normalized spacial score (nSPS) is 15.7. The van der Waals surface area contributed by atoms with Crippen LogP contribution in [0.15, 0.2) is 66.7 Å². The van der Waals surface area contributed by atoms with Gasteiger partial charge in [-0.15, -0.1) is 10.2 Å². The molecule has 1 N–H and O–H groups in total. The monoisotopic (exact) mass is 413 g/mol. The maximum absolute atomic E-state index is 10.1. The van der Waals surface area contributed by atoms with Gasteiger partial charge in [0.15, 0.2) is 0 Å². The Bertz CT molecular complexity index is 1030. The van der Waals surface area contributed by atoms with Gasteiger partial charge in [-0.2, -0.15) is 0 Å². The molecule has 4 rings (SSSR count). The lowest BCUT2D eigenvalue weighted by atomic mass is 9.93. The molecule has 0 atom stereocenters. The molecule has 31 heavy (non-hydrogen) atoms. The van der Waals surface area contributed by atoms with Crippen LogP contribution in [0.4, 0.5) is 0 Å². The van der Waals surface area contributed by atoms with Gasteiger partial charge in [-0.25, -0.2) is 0 Å². The van der Waals surface area contributed by atoms with Gasteiger partial charge in [0.05, 0.1) is 5.60 Å². The fourth-order valence-electron chi connectivity index (χ4n) is 3.48. The summed E-state index contributed by atoms with van der Waals surface area (Å²) in [6, 6.07) is 21.9. The summed E-state index contributed by atoms with van der Waals surface area (Å²) in [6.07, 6.45) is 1.65. The van der Waals surface area contributed by atoms with Crippen LogP contribution in [-0.4, -0.2) is 38.9 Å². The van der Waals surface area contributed by atoms with Crippen LogP contribution in [0.25, 0.3) is 0 Å². The van der Waals surface area contributed by atoms with E-state index in [1.54, 1.807) is 6.07 Å². The number of likely N-dealkylation sites (tertiary alicyclic amines) is 1. The minimum atomic E-state index is -0.509. The molecule has 0 spiro atoms. The SMILES string of the molecule is CC1(O)CCN(Cc2ccc(C#Cc3ccc(OCc4ccccc4)nn3)cc2)CC1. The Labute approximate surface area is 183 Å². The number of hydrogen-bond acceptors (Lipinski definition) is 5. The Morgan fingerprint density at radius 3 is 2.32 bits per heavy atom. The third kappa shape index (κ3) is 6.39. The lowest BCUT2D eigenvalue weighted by Crippen LogP contribution is -2.41. The van der Waals surface area contributed by atoms with Gasteiger partial charge in [0.25, 0.3) is 0 Å². The van der Waals surface area contributed by atoms with Gasteiger partial charge in [-0.05, 0) is 55.0 Å². The molecule has 0 radical (unpaired) electrons. The van der Waals surface area contributed by atoms with Crippen molar-refractivity contribution in [2.75, 3.05) is 13.1 Å². The first kappa shape index (κ1) is 21.0. The summed E-state index contributed by atoms with van der Waals surface area (Å²) in [4.78, 5) is 2.38. The van der Waals surface area contributed by atoms with Gasteiger partial charge in [0.1, 0.15) is 12.3 Å². The van der Waals surface area contributed by atoms with Crippen molar-refractivity contribution in [1.29, 1.82) is 0 Å². The summed E-state index contributed by atoms with van der Waals surface area (Å²) < 4.78 is 5.66. The molecule has 3 aromatic rings. The van der Waals surface area contributed by atoms with E-state index in [0.717, 1.165) is 43.6 Å². The van der Waals surface area contributed by atoms with Crippen molar-refractivity contribution in [1.82, 2.24) is 15.1 Å². The highest BCUT2D eigenvalue weighted by Crippen LogP contribution is 2.22. The van der Waals surface area contributed by atoms with Crippen molar-refractivity contribution in [3.8, 4) is 17.7 Å². The first-order chi connectivity index (χ1) is 15.1. The molecule has 2 heterocycles. The van der Waals surface area contributed by atoms with Crippen molar-refractivity contribution in [3.63, 3.8) is 0 Å². The van der Waals surface area contributed by atoms with E-state index in [1.165, 1.54) is 5.56 Å². The molecule has 0 bridgehead atoms. The van der Waals surface area contributed by atoms with E-state index in [2.05, 4.69) is 39.1 Å². The lowest BCUT2D eigenvalue weighted by molar-refractivity contribution is -0.00730. The van der Waals surface area contributed by atoms with Crippen molar-refractivity contribution in [2.24, 2.45) is 0 Å². The third-order valence-corrected chi connectivity index (χ3v) is 5.50. The number of benzene rings is 2. The highest BCUT2D eigenvalue weighted by molar-refractivity contribution is 5.41. The molecule has 1 aromatic heterocycles. The highest BCUT2D eigenvalue weighted by atomic mass is 16.5. The highest BCUT2D eigenvalue weighted by Gasteiger charge is 2.26. The maximum atomic E-state index is 10.1. The molecule has 5 heteroatoms. The van der Waals surface area contributed by atoms with E-state index >= 15 is 0 Å². The summed E-state index contributed by atoms with van der Waals surface area (Å²) in [5.41, 5.74) is 3.38. The van der Waals surface area contributed by atoms with Gasteiger partial charge >= 0.3 is 0 Å². The molecular weight excluding hydrogens is 386 g/mol. The van der Waals surface area contributed by atoms with Crippen LogP contribution >= 0.6 is 0 Å². The molecule has 1 aliphatic rings. The standard InChI is InChI=1S/C26H27N3O2/c1-26(30)15-17-29(18-16-26)19-22-9-7-21(8-10-22)11-12-24-13-14-25(28-27-24)31-20-23-5-3-2-4-6-23/h2-10,13-14,30H,15-20H2,1H3. The van der Waals surface area contributed by atoms with Gasteiger partial charge in [-0.3, -0.25) is 4.90 Å². The Balaban J connectivity index is 1.29. The Morgan fingerprint density at radius 1 is 0.903 bits per heavy atom. The lowest BCUT2D eigenvalue weighted by Gasteiger charge is -2.35. The first-order valence-electron chi connectivity index (χ1n) is 10.6. The smallest absolute Gasteiger partial charge is 0.233 e. The second-order valence-corrected chi connectivity index (χ2v) is 8.25. The molecule has 1 aliphatic heterocycles. The molecular formula is C26H27N3O2. The zero-order chi connectivity index (χ0) is 21.5. The van der Waals surface area contributed by atoms with Crippen LogP contribution in [0.3, 0.4) is 0 Å². The van der Waals surface area contributed by atoms with E-state index in [-0.39, 0.29) is 0 Å². The average molecular weight is 414 g/mol. The fourth-order valence-corrected chi connectivity index (χ4v) is 3.48. The number of rotatable bonds is 5. The van der Waals surface area contributed by atoms with Gasteiger partial charge in [0.2, 0.25) is 5.88 Å². The second kappa shape index (κ2) is 9.74. The number of hydrogen-bond donors (Lipinski definition) is 1. The van der Waals surface area contributed by atoms with Crippen molar-refractivity contribution >= 4 is 0 Å². The number of nitrogens with zero attached hydrogens (tertiary/aromatic N) is 3. The summed E-state index contributed by atoms with van der Waals surface area (Å²) in [5.74, 6) is 6.68. The molecule has 0 aliphatic carbocycles. The van der Waals surface area contributed by atoms with Crippen LogP contribution < -0.4 is 4.74 Å². The van der Waals surface area contributed by atoms with Crippen molar-refractivity contribution in [2.45, 2.75) is 38.5 Å². The first-order valence-corrected chi connectivity index (χ1v) is 10.6. The zero-order valence-electron chi connectivity index (χ0n) is 17.8. The van der Waals surface area contributed by atoms with Crippen molar-refractivity contribution in [3.05, 3.63) is 89.1 Å². The zero-order valence-corrected chi connectivity index (χ0v) is 17.8. The molecule has 1 saturated heterocycles. The van der Waals surface area contributed by atoms with Gasteiger partial charge < -0.3 is 9.84 Å². The number of aromatic nitrogens is 2. The largest absolute Gasteiger partial charge is 0.472 e. The molecule has 2 aromatic carbocycles. The van der Waals surface area contributed by atoms with Crippen molar-refractivity contribution < 1.29 is 9.84 Å². The summed E-state index contributed by atoms with van der Waals surface area (Å²) in [5, 5.41) is 18.3. The molecule has 5 nitrogen and oxygen atoms in total. The summed E-state index contributed by atoms with van der Waals surface area (Å²) >= 11 is 0. The topological polar surface area (TPSA) is 58.5 Å². The minimum Gasteiger partial charge on any atom is -0.472 e. The molecule has 158 valence electrons. The molecule has 0 amide bonds. The van der Waals surface area contributed by atoms with Gasteiger partial charge in [0, 0.05) is 31.3 Å². The van der Waals surface area contributed by atoms with Crippen LogP contribution in [0.1, 0.15) is 42.1 Å². The van der Waals surface area contributed by atoms with Crippen LogP contribution in [0.5, 0.6) is 5.88 Å². The summed E-state index contributed by atoms with van der Waals surface area (Å²) in [7, 11) is 0. The molecule has 0 saturated carbocycles. The average Bonchev–Trinajstić information content (AvgIpc) is 2.80. The predicted molar refractivity (Wildman–Crippen MR) is 120 cm³/mol. The Hall–Kier alpha value is -3.20. The minimum absolute atomic E-state index is 0.462. The number of piperidine rings is 1. The Kier molecular flexibility index (Phi) is 6.61. The molecule has 1 fully saturated rings. The van der Waals surface area contributed by atoms with E-state index in [4.69, 9.17) is 4.74 Å². The van der Waals surface area contributed by atoms with E-state index in [1.807, 2.05) is 55.5 Å². The second-order valence-electron chi connectivity index (χ2n) is 8.25. The maximum Gasteiger partial charge on any atom is 0.233 e. The summed E-state index contributed by atoms with van der Waals surface area (Å²) in [6.45, 7) is 5.15. The molecule has 0 unspecified atom stereocenters. The fraction of sp³-hybridized carbons (Fsp3) is 0.308. The third-order valence-electron chi connectivity index (χ3n) is 5.50.